The molecule has 7 nitrogen and oxygen atoms in total. The van der Waals surface area contributed by atoms with Gasteiger partial charge < -0.3 is 25.4 Å². The molecule has 1 rings (SSSR count). The molecule has 0 saturated carbocycles. The third kappa shape index (κ3) is 4.55. The van der Waals surface area contributed by atoms with Crippen LogP contribution >= 0.6 is 0 Å². The Morgan fingerprint density at radius 2 is 2.00 bits per heavy atom. The van der Waals surface area contributed by atoms with Crippen LogP contribution in [0.5, 0.6) is 5.75 Å². The first-order valence-electron chi connectivity index (χ1n) is 6.42. The first kappa shape index (κ1) is 16.6. The summed E-state index contributed by atoms with van der Waals surface area (Å²) in [5, 5.41) is 2.66. The van der Waals surface area contributed by atoms with E-state index in [-0.39, 0.29) is 18.3 Å². The lowest BCUT2D eigenvalue weighted by Gasteiger charge is -2.23. The van der Waals surface area contributed by atoms with Gasteiger partial charge in [-0.05, 0) is 6.07 Å². The van der Waals surface area contributed by atoms with Crippen LogP contribution in [0.25, 0.3) is 0 Å². The normalized spacial score (nSPS) is 9.90. The molecule has 0 saturated heterocycles. The third-order valence-corrected chi connectivity index (χ3v) is 2.95. The van der Waals surface area contributed by atoms with E-state index in [4.69, 9.17) is 10.5 Å². The van der Waals surface area contributed by atoms with Crippen LogP contribution in [0.15, 0.2) is 12.1 Å². The van der Waals surface area contributed by atoms with Gasteiger partial charge in [0.1, 0.15) is 5.75 Å². The Hall–Kier alpha value is -2.44. The fourth-order valence-electron chi connectivity index (χ4n) is 1.83. The summed E-state index contributed by atoms with van der Waals surface area (Å²) in [6.45, 7) is 1.86. The average molecular weight is 295 g/mol. The van der Waals surface area contributed by atoms with Crippen LogP contribution in [0.2, 0.25) is 0 Å². The number of nitrogens with two attached hydrogens (primary N) is 1. The van der Waals surface area contributed by atoms with E-state index in [1.165, 1.54) is 21.1 Å². The molecule has 116 valence electrons. The van der Waals surface area contributed by atoms with Crippen LogP contribution in [0, 0.1) is 0 Å². The topological polar surface area (TPSA) is 93.9 Å². The number of benzene rings is 1. The Kier molecular flexibility index (Phi) is 5.83. The van der Waals surface area contributed by atoms with Gasteiger partial charge in [-0.1, -0.05) is 0 Å². The van der Waals surface area contributed by atoms with Gasteiger partial charge in [-0.3, -0.25) is 9.59 Å². The van der Waals surface area contributed by atoms with Crippen molar-refractivity contribution in [1.82, 2.24) is 0 Å². The van der Waals surface area contributed by atoms with E-state index >= 15 is 0 Å². The minimum Gasteiger partial charge on any atom is -0.495 e. The quantitative estimate of drug-likeness (QED) is 0.605. The van der Waals surface area contributed by atoms with E-state index in [0.717, 1.165) is 5.69 Å². The molecular formula is C14H21N3O4. The summed E-state index contributed by atoms with van der Waals surface area (Å²) in [5.41, 5.74) is 7.50. The van der Waals surface area contributed by atoms with Gasteiger partial charge in [0.2, 0.25) is 5.91 Å². The number of nitrogens with one attached hydrogen (secondary N) is 1. The highest BCUT2D eigenvalue weighted by Crippen LogP contribution is 2.35. The number of amides is 1. The minimum absolute atomic E-state index is 0.213. The zero-order chi connectivity index (χ0) is 16.0. The van der Waals surface area contributed by atoms with E-state index in [9.17, 15) is 9.59 Å². The van der Waals surface area contributed by atoms with E-state index in [0.29, 0.717) is 23.7 Å². The number of hydrogen-bond acceptors (Lipinski definition) is 6. The van der Waals surface area contributed by atoms with Crippen molar-refractivity contribution in [3.8, 4) is 5.75 Å². The van der Waals surface area contributed by atoms with Gasteiger partial charge in [0.05, 0.1) is 37.7 Å². The first-order chi connectivity index (χ1) is 9.88. The first-order valence-corrected chi connectivity index (χ1v) is 6.42. The molecule has 7 heteroatoms. The summed E-state index contributed by atoms with van der Waals surface area (Å²) in [7, 11) is 4.69. The molecule has 1 aromatic carbocycles. The third-order valence-electron chi connectivity index (χ3n) is 2.95. The lowest BCUT2D eigenvalue weighted by atomic mass is 10.2. The Balaban J connectivity index is 3.02. The van der Waals surface area contributed by atoms with E-state index < -0.39 is 0 Å². The molecule has 0 bridgehead atoms. The lowest BCUT2D eigenvalue weighted by Crippen LogP contribution is -2.22. The number of nitrogen functional groups attached to an aromatic ring is 1. The number of carbonyl (C=O) groups is 2. The van der Waals surface area contributed by atoms with Crippen LogP contribution in [0.4, 0.5) is 17.1 Å². The van der Waals surface area contributed by atoms with Gasteiger partial charge in [-0.2, -0.15) is 0 Å². The molecule has 0 radical (unpaired) electrons. The smallest absolute Gasteiger partial charge is 0.307 e. The monoisotopic (exact) mass is 295 g/mol. The SMILES string of the molecule is COC(=O)CCN(C)c1cc(NC(C)=O)c(N)cc1OC. The molecule has 21 heavy (non-hydrogen) atoms. The van der Waals surface area contributed by atoms with Gasteiger partial charge in [-0.25, -0.2) is 0 Å². The van der Waals surface area contributed by atoms with Crippen LogP contribution in [0.1, 0.15) is 13.3 Å². The molecule has 3 N–H and O–H groups in total. The van der Waals surface area contributed by atoms with Gasteiger partial charge in [0, 0.05) is 26.6 Å². The summed E-state index contributed by atoms with van der Waals surface area (Å²) in [4.78, 5) is 24.2. The Morgan fingerprint density at radius 3 is 2.52 bits per heavy atom. The summed E-state index contributed by atoms with van der Waals surface area (Å²) >= 11 is 0. The lowest BCUT2D eigenvalue weighted by molar-refractivity contribution is -0.140. The number of carbonyl (C=O) groups excluding carboxylic acids is 2. The number of nitrogens with zero attached hydrogens (tertiary/aromatic N) is 1. The number of methoxy groups -OCH3 is 2. The van der Waals surface area contributed by atoms with Crippen molar-refractivity contribution in [3.63, 3.8) is 0 Å². The highest BCUT2D eigenvalue weighted by Gasteiger charge is 2.14. The Morgan fingerprint density at radius 1 is 1.33 bits per heavy atom. The van der Waals surface area contributed by atoms with Crippen molar-refractivity contribution in [2.45, 2.75) is 13.3 Å². The maximum Gasteiger partial charge on any atom is 0.307 e. The molecule has 0 atom stereocenters. The van der Waals surface area contributed by atoms with Crippen molar-refractivity contribution in [1.29, 1.82) is 0 Å². The predicted octanol–water partition coefficient (Wildman–Crippen LogP) is 1.24. The molecule has 0 aliphatic rings. The Bertz CT molecular complexity index is 531. The largest absolute Gasteiger partial charge is 0.495 e. The van der Waals surface area contributed by atoms with Crippen LogP contribution < -0.4 is 20.7 Å². The standard InChI is InChI=1S/C14H21N3O4/c1-9(18)16-11-8-12(13(20-3)7-10(11)15)17(2)6-5-14(19)21-4/h7-8H,5-6,15H2,1-4H3,(H,16,18). The molecule has 0 aliphatic heterocycles. The predicted molar refractivity (Wildman–Crippen MR) is 81.6 cm³/mol. The van der Waals surface area contributed by atoms with E-state index in [1.54, 1.807) is 12.1 Å². The number of rotatable bonds is 6. The van der Waals surface area contributed by atoms with Crippen LogP contribution in [-0.4, -0.2) is 39.7 Å². The summed E-state index contributed by atoms with van der Waals surface area (Å²) < 4.78 is 9.90. The van der Waals surface area contributed by atoms with Gasteiger partial charge in [0.25, 0.3) is 0 Å². The van der Waals surface area contributed by atoms with Gasteiger partial charge >= 0.3 is 5.97 Å². The molecule has 0 aliphatic carbocycles. The van der Waals surface area contributed by atoms with Crippen molar-refractivity contribution >= 4 is 28.9 Å². The molecule has 0 heterocycles. The van der Waals surface area contributed by atoms with E-state index in [1.807, 2.05) is 11.9 Å². The zero-order valence-electron chi connectivity index (χ0n) is 12.7. The van der Waals surface area contributed by atoms with Gasteiger partial charge in [0.15, 0.2) is 0 Å². The van der Waals surface area contributed by atoms with Crippen molar-refractivity contribution in [2.24, 2.45) is 0 Å². The molecular weight excluding hydrogens is 274 g/mol. The van der Waals surface area contributed by atoms with Crippen molar-refractivity contribution in [3.05, 3.63) is 12.1 Å². The summed E-state index contributed by atoms with van der Waals surface area (Å²) in [6.07, 6.45) is 0.246. The van der Waals surface area contributed by atoms with Gasteiger partial charge in [-0.15, -0.1) is 0 Å². The number of hydrogen-bond donors (Lipinski definition) is 2. The number of esters is 1. The van der Waals surface area contributed by atoms with E-state index in [2.05, 4.69) is 10.1 Å². The molecule has 1 amide bonds. The molecule has 0 fully saturated rings. The molecule has 0 aromatic heterocycles. The second-order valence-corrected chi connectivity index (χ2v) is 4.54. The number of ether oxygens (including phenoxy) is 2. The van der Waals surface area contributed by atoms with Crippen molar-refractivity contribution < 1.29 is 19.1 Å². The summed E-state index contributed by atoms with van der Waals surface area (Å²) in [5.74, 6) is 0.0577. The fourth-order valence-corrected chi connectivity index (χ4v) is 1.83. The molecule has 0 spiro atoms. The summed E-state index contributed by atoms with van der Waals surface area (Å²) in [6, 6.07) is 3.35. The van der Waals surface area contributed by atoms with Crippen molar-refractivity contribution in [2.75, 3.05) is 43.8 Å². The maximum absolute atomic E-state index is 11.2. The molecule has 0 unspecified atom stereocenters. The number of anilines is 3. The highest BCUT2D eigenvalue weighted by atomic mass is 16.5. The minimum atomic E-state index is -0.293. The van der Waals surface area contributed by atoms with Crippen LogP contribution in [0.3, 0.4) is 0 Å². The second kappa shape index (κ2) is 7.37. The fraction of sp³-hybridized carbons (Fsp3) is 0.429. The average Bonchev–Trinajstić information content (AvgIpc) is 2.45. The molecule has 1 aromatic rings. The Labute approximate surface area is 124 Å². The zero-order valence-corrected chi connectivity index (χ0v) is 12.7. The highest BCUT2D eigenvalue weighted by molar-refractivity contribution is 5.94. The van der Waals surface area contributed by atoms with Crippen LogP contribution in [-0.2, 0) is 14.3 Å². The second-order valence-electron chi connectivity index (χ2n) is 4.54. The maximum atomic E-state index is 11.2.